The molecule has 0 atom stereocenters. The lowest BCUT2D eigenvalue weighted by atomic mass is 10.3. The molecule has 0 aliphatic rings. The molecular weight excluding hydrogens is 310 g/mol. The number of carbonyl (C=O) groups is 1. The largest absolute Gasteiger partial charge is 0.481 e. The molecule has 1 N–H and O–H groups in total. The standard InChI is InChI=1S/C14H10ClN3O2S/c15-9-4-1-2-6-11(9)18-13-10(5-3-7-16-13)17-14(18)21-8-12(19)20/h1-7H,8H2,(H,19,20). The van der Waals surface area contributed by atoms with Crippen LogP contribution in [0.3, 0.4) is 0 Å². The zero-order chi connectivity index (χ0) is 14.8. The van der Waals surface area contributed by atoms with Crippen molar-refractivity contribution in [1.29, 1.82) is 0 Å². The number of hydrogen-bond acceptors (Lipinski definition) is 4. The number of fused-ring (bicyclic) bond motifs is 1. The second-order valence-electron chi connectivity index (χ2n) is 4.21. The third-order valence-corrected chi connectivity index (χ3v) is 4.05. The fourth-order valence-corrected chi connectivity index (χ4v) is 2.91. The second kappa shape index (κ2) is 5.75. The molecule has 0 aliphatic carbocycles. The maximum absolute atomic E-state index is 10.8. The molecule has 3 rings (SSSR count). The summed E-state index contributed by atoms with van der Waals surface area (Å²) in [5.74, 6) is -0.973. The highest BCUT2D eigenvalue weighted by Crippen LogP contribution is 2.30. The number of pyridine rings is 1. The van der Waals surface area contributed by atoms with Crippen LogP contribution in [-0.4, -0.2) is 31.4 Å². The topological polar surface area (TPSA) is 68.0 Å². The van der Waals surface area contributed by atoms with E-state index in [1.165, 1.54) is 0 Å². The van der Waals surface area contributed by atoms with E-state index in [0.29, 0.717) is 21.3 Å². The van der Waals surface area contributed by atoms with E-state index in [0.717, 1.165) is 17.4 Å². The molecule has 0 bridgehead atoms. The molecule has 0 saturated carbocycles. The van der Waals surface area contributed by atoms with Gasteiger partial charge in [-0.1, -0.05) is 35.5 Å². The SMILES string of the molecule is O=C(O)CSc1nc2cccnc2n1-c1ccccc1Cl. The Balaban J connectivity index is 2.20. The number of nitrogens with zero attached hydrogens (tertiary/aromatic N) is 3. The van der Waals surface area contributed by atoms with Crippen LogP contribution >= 0.6 is 23.4 Å². The molecule has 0 radical (unpaired) electrons. The number of benzene rings is 1. The molecule has 0 saturated heterocycles. The lowest BCUT2D eigenvalue weighted by Crippen LogP contribution is -2.02. The molecule has 7 heteroatoms. The smallest absolute Gasteiger partial charge is 0.313 e. The van der Waals surface area contributed by atoms with Gasteiger partial charge in [0.15, 0.2) is 10.8 Å². The van der Waals surface area contributed by atoms with Gasteiger partial charge in [-0.2, -0.15) is 0 Å². The number of imidazole rings is 1. The van der Waals surface area contributed by atoms with Gasteiger partial charge >= 0.3 is 5.97 Å². The van der Waals surface area contributed by atoms with Gasteiger partial charge < -0.3 is 5.11 Å². The van der Waals surface area contributed by atoms with E-state index in [2.05, 4.69) is 9.97 Å². The fraction of sp³-hybridized carbons (Fsp3) is 0.0714. The van der Waals surface area contributed by atoms with Crippen molar-refractivity contribution in [2.45, 2.75) is 5.16 Å². The van der Waals surface area contributed by atoms with Crippen LogP contribution in [0.4, 0.5) is 0 Å². The Morgan fingerprint density at radius 2 is 2.10 bits per heavy atom. The zero-order valence-electron chi connectivity index (χ0n) is 10.7. The van der Waals surface area contributed by atoms with Crippen LogP contribution in [0.2, 0.25) is 5.02 Å². The minimum atomic E-state index is -0.897. The Hall–Kier alpha value is -2.05. The van der Waals surface area contributed by atoms with Crippen LogP contribution in [0.5, 0.6) is 0 Å². The van der Waals surface area contributed by atoms with Crippen LogP contribution in [0.25, 0.3) is 16.9 Å². The summed E-state index contributed by atoms with van der Waals surface area (Å²) in [5, 5.41) is 9.98. The summed E-state index contributed by atoms with van der Waals surface area (Å²) in [5.41, 5.74) is 2.08. The highest BCUT2D eigenvalue weighted by Gasteiger charge is 2.16. The van der Waals surface area contributed by atoms with E-state index >= 15 is 0 Å². The van der Waals surface area contributed by atoms with Crippen molar-refractivity contribution in [3.8, 4) is 5.69 Å². The minimum Gasteiger partial charge on any atom is -0.481 e. The van der Waals surface area contributed by atoms with Gasteiger partial charge in [-0.25, -0.2) is 9.97 Å². The lowest BCUT2D eigenvalue weighted by molar-refractivity contribution is -0.133. The average molecular weight is 320 g/mol. The maximum atomic E-state index is 10.8. The monoisotopic (exact) mass is 319 g/mol. The highest BCUT2D eigenvalue weighted by atomic mass is 35.5. The van der Waals surface area contributed by atoms with Crippen LogP contribution in [0, 0.1) is 0 Å². The molecule has 0 spiro atoms. The van der Waals surface area contributed by atoms with E-state index in [9.17, 15) is 4.79 Å². The number of aromatic nitrogens is 3. The molecule has 0 unspecified atom stereocenters. The summed E-state index contributed by atoms with van der Waals surface area (Å²) in [6, 6.07) is 10.9. The molecule has 1 aromatic carbocycles. The summed E-state index contributed by atoms with van der Waals surface area (Å²) in [6.07, 6.45) is 1.67. The number of thioether (sulfide) groups is 1. The number of halogens is 1. The van der Waals surface area contributed by atoms with Gasteiger partial charge in [-0.3, -0.25) is 9.36 Å². The van der Waals surface area contributed by atoms with Gasteiger partial charge in [0, 0.05) is 6.20 Å². The molecule has 21 heavy (non-hydrogen) atoms. The number of carboxylic acids is 1. The van der Waals surface area contributed by atoms with Gasteiger partial charge in [0.2, 0.25) is 0 Å². The molecule has 3 aromatic rings. The first-order chi connectivity index (χ1) is 10.2. The third kappa shape index (κ3) is 2.72. The fourth-order valence-electron chi connectivity index (χ4n) is 1.96. The molecular formula is C14H10ClN3O2S. The van der Waals surface area contributed by atoms with Crippen molar-refractivity contribution in [2.75, 3.05) is 5.75 Å². The number of carboxylic acid groups (broad SMARTS) is 1. The van der Waals surface area contributed by atoms with Gasteiger partial charge in [0.1, 0.15) is 5.52 Å². The number of para-hydroxylation sites is 1. The van der Waals surface area contributed by atoms with Crippen molar-refractivity contribution in [1.82, 2.24) is 14.5 Å². The molecule has 106 valence electrons. The number of rotatable bonds is 4. The van der Waals surface area contributed by atoms with Crippen molar-refractivity contribution >= 4 is 40.5 Å². The van der Waals surface area contributed by atoms with Crippen molar-refractivity contribution in [2.24, 2.45) is 0 Å². The molecule has 2 heterocycles. The molecule has 2 aromatic heterocycles. The van der Waals surface area contributed by atoms with Crippen molar-refractivity contribution in [3.05, 3.63) is 47.6 Å². The van der Waals surface area contributed by atoms with Gasteiger partial charge in [-0.05, 0) is 24.3 Å². The average Bonchev–Trinajstić information content (AvgIpc) is 2.84. The van der Waals surface area contributed by atoms with E-state index in [4.69, 9.17) is 16.7 Å². The summed E-state index contributed by atoms with van der Waals surface area (Å²) < 4.78 is 1.78. The summed E-state index contributed by atoms with van der Waals surface area (Å²) >= 11 is 7.39. The first-order valence-corrected chi connectivity index (χ1v) is 7.46. The first-order valence-electron chi connectivity index (χ1n) is 6.10. The van der Waals surface area contributed by atoms with E-state index in [1.807, 2.05) is 24.3 Å². The van der Waals surface area contributed by atoms with Crippen LogP contribution in [-0.2, 0) is 4.79 Å². The molecule has 5 nitrogen and oxygen atoms in total. The van der Waals surface area contributed by atoms with E-state index in [-0.39, 0.29) is 5.75 Å². The normalized spacial score (nSPS) is 10.9. The summed E-state index contributed by atoms with van der Waals surface area (Å²) in [7, 11) is 0. The van der Waals surface area contributed by atoms with Crippen LogP contribution < -0.4 is 0 Å². The van der Waals surface area contributed by atoms with Gasteiger partial charge in [0.25, 0.3) is 0 Å². The van der Waals surface area contributed by atoms with Crippen molar-refractivity contribution in [3.63, 3.8) is 0 Å². The maximum Gasteiger partial charge on any atom is 0.313 e. The molecule has 0 aliphatic heterocycles. The Labute approximate surface area is 129 Å². The lowest BCUT2D eigenvalue weighted by Gasteiger charge is -2.09. The molecule has 0 amide bonds. The third-order valence-electron chi connectivity index (χ3n) is 2.80. The minimum absolute atomic E-state index is 0.0756. The second-order valence-corrected chi connectivity index (χ2v) is 5.56. The predicted octanol–water partition coefficient (Wildman–Crippen LogP) is 3.25. The zero-order valence-corrected chi connectivity index (χ0v) is 12.3. The number of hydrogen-bond donors (Lipinski definition) is 1. The van der Waals surface area contributed by atoms with Crippen LogP contribution in [0.1, 0.15) is 0 Å². The Bertz CT molecular complexity index is 819. The quantitative estimate of drug-likeness (QED) is 0.748. The van der Waals surface area contributed by atoms with E-state index < -0.39 is 5.97 Å². The Kier molecular flexibility index (Phi) is 3.81. The predicted molar refractivity (Wildman–Crippen MR) is 82.2 cm³/mol. The summed E-state index contributed by atoms with van der Waals surface area (Å²) in [6.45, 7) is 0. The highest BCUT2D eigenvalue weighted by molar-refractivity contribution is 7.99. The Morgan fingerprint density at radius 1 is 1.29 bits per heavy atom. The molecule has 0 fully saturated rings. The van der Waals surface area contributed by atoms with Gasteiger partial charge in [0.05, 0.1) is 16.5 Å². The first kappa shape index (κ1) is 13.9. The van der Waals surface area contributed by atoms with Crippen molar-refractivity contribution < 1.29 is 9.90 Å². The van der Waals surface area contributed by atoms with Gasteiger partial charge in [-0.15, -0.1) is 0 Å². The number of aliphatic carboxylic acids is 1. The van der Waals surface area contributed by atoms with Crippen LogP contribution in [0.15, 0.2) is 47.8 Å². The van der Waals surface area contributed by atoms with E-state index in [1.54, 1.807) is 22.9 Å². The summed E-state index contributed by atoms with van der Waals surface area (Å²) in [4.78, 5) is 19.6. The Morgan fingerprint density at radius 3 is 2.86 bits per heavy atom.